The highest BCUT2D eigenvalue weighted by Gasteiger charge is 2.00. The third-order valence-corrected chi connectivity index (χ3v) is 1.29. The molecule has 0 aliphatic rings. The van der Waals surface area contributed by atoms with Crippen LogP contribution < -0.4 is 0 Å². The molecule has 1 N–H and O–H groups in total. The quantitative estimate of drug-likeness (QED) is 0.567. The average Bonchev–Trinajstić information content (AvgIpc) is 2.34. The number of aromatic nitrogens is 5. The number of nitrogens with zero attached hydrogens (tertiary/aromatic N) is 4. The molecule has 2 aromatic heterocycles. The summed E-state index contributed by atoms with van der Waals surface area (Å²) in [5.74, 6) is 0. The van der Waals surface area contributed by atoms with Crippen LogP contribution in [0, 0.1) is 6.92 Å². The van der Waals surface area contributed by atoms with Crippen molar-refractivity contribution in [3.63, 3.8) is 0 Å². The van der Waals surface area contributed by atoms with Gasteiger partial charge in [0.2, 0.25) is 5.65 Å². The van der Waals surface area contributed by atoms with Crippen molar-refractivity contribution in [3.8, 4) is 0 Å². The monoisotopic (exact) mass is 137 g/mol. The summed E-state index contributed by atoms with van der Waals surface area (Å²) < 4.78 is 0. The highest BCUT2D eigenvalue weighted by atomic mass is 15.2. The molecular formula is C5H7N5. The molecule has 52 valence electrons. The van der Waals surface area contributed by atoms with Crippen LogP contribution in [0.1, 0.15) is 7.12 Å². The maximum atomic E-state index is 3.97. The van der Waals surface area contributed by atoms with Gasteiger partial charge in [0.15, 0.2) is 0 Å². The maximum Gasteiger partial charge on any atom is 0.221 e. The van der Waals surface area contributed by atoms with Crippen LogP contribution in [-0.2, 0) is 0 Å². The normalized spacial score (nSPS) is 10.5. The first-order valence-electron chi connectivity index (χ1n) is 2.86. The first kappa shape index (κ1) is 5.28. The molecule has 2 aromatic rings. The Hall–Kier alpha value is -1.52. The van der Waals surface area contributed by atoms with Crippen LogP contribution in [0.4, 0.5) is 0 Å². The van der Waals surface area contributed by atoms with E-state index < -0.39 is 0 Å². The van der Waals surface area contributed by atoms with E-state index in [-0.39, 0.29) is 1.43 Å². The zero-order valence-corrected chi connectivity index (χ0v) is 5.37. The smallest absolute Gasteiger partial charge is 0.221 e. The number of fused-ring (bicyclic) bond motifs is 1. The van der Waals surface area contributed by atoms with Crippen LogP contribution in [0.25, 0.3) is 11.2 Å². The summed E-state index contributed by atoms with van der Waals surface area (Å²) in [6.07, 6.45) is 1.41. The van der Waals surface area contributed by atoms with E-state index in [1.54, 1.807) is 0 Å². The number of H-pyrrole nitrogens is 1. The predicted octanol–water partition coefficient (Wildman–Crippen LogP) is 0.302. The fourth-order valence-corrected chi connectivity index (χ4v) is 0.799. The zero-order valence-electron chi connectivity index (χ0n) is 5.37. The van der Waals surface area contributed by atoms with Crippen molar-refractivity contribution in [1.82, 2.24) is 25.4 Å². The molecule has 5 heteroatoms. The van der Waals surface area contributed by atoms with Gasteiger partial charge in [-0.2, -0.15) is 5.10 Å². The Bertz CT molecular complexity index is 356. The molecular weight excluding hydrogens is 130 g/mol. The van der Waals surface area contributed by atoms with Gasteiger partial charge >= 0.3 is 0 Å². The molecule has 0 atom stereocenters. The highest BCUT2D eigenvalue weighted by Crippen LogP contribution is 2.05. The summed E-state index contributed by atoms with van der Waals surface area (Å²) in [5.41, 5.74) is 2.28. The number of aryl methyl sites for hydroxylation is 1. The van der Waals surface area contributed by atoms with Gasteiger partial charge in [0.1, 0.15) is 11.8 Å². The second kappa shape index (κ2) is 1.73. The van der Waals surface area contributed by atoms with E-state index in [4.69, 9.17) is 0 Å². The number of rotatable bonds is 0. The maximum absolute atomic E-state index is 3.97. The van der Waals surface area contributed by atoms with Gasteiger partial charge < -0.3 is 0 Å². The van der Waals surface area contributed by atoms with Crippen molar-refractivity contribution in [3.05, 3.63) is 12.0 Å². The Kier molecular flexibility index (Phi) is 0.913. The second-order valence-electron chi connectivity index (χ2n) is 1.98. The molecule has 2 rings (SSSR count). The molecule has 2 heterocycles. The standard InChI is InChI=1S/C5H5N5.H2/c1-3-4-5(10-8-3)9-7-2-6-4;/h2H,1H3,(H,8,9,10);1H. The summed E-state index contributed by atoms with van der Waals surface area (Å²) in [6.45, 7) is 1.89. The van der Waals surface area contributed by atoms with E-state index in [0.717, 1.165) is 11.2 Å². The summed E-state index contributed by atoms with van der Waals surface area (Å²) in [6, 6.07) is 0. The van der Waals surface area contributed by atoms with Gasteiger partial charge in [-0.05, 0) is 6.92 Å². The zero-order chi connectivity index (χ0) is 6.97. The number of hydrogen-bond acceptors (Lipinski definition) is 4. The molecule has 5 nitrogen and oxygen atoms in total. The fraction of sp³-hybridized carbons (Fsp3) is 0.200. The molecule has 0 saturated heterocycles. The van der Waals surface area contributed by atoms with Gasteiger partial charge in [0.05, 0.1) is 5.69 Å². The third kappa shape index (κ3) is 0.570. The molecule has 0 unspecified atom stereocenters. The van der Waals surface area contributed by atoms with E-state index in [0.29, 0.717) is 5.65 Å². The number of nitrogens with one attached hydrogen (secondary N) is 1. The molecule has 0 bridgehead atoms. The van der Waals surface area contributed by atoms with E-state index in [9.17, 15) is 0 Å². The summed E-state index contributed by atoms with van der Waals surface area (Å²) >= 11 is 0. The minimum absolute atomic E-state index is 0. The first-order valence-corrected chi connectivity index (χ1v) is 2.86. The SMILES string of the molecule is Cc1[nH]nc2nncnc12.[HH]. The van der Waals surface area contributed by atoms with E-state index in [1.807, 2.05) is 6.92 Å². The third-order valence-electron chi connectivity index (χ3n) is 1.29. The van der Waals surface area contributed by atoms with Crippen molar-refractivity contribution in [1.29, 1.82) is 0 Å². The van der Waals surface area contributed by atoms with Gasteiger partial charge in [-0.1, -0.05) is 0 Å². The lowest BCUT2D eigenvalue weighted by Crippen LogP contribution is -1.83. The second-order valence-corrected chi connectivity index (χ2v) is 1.98. The Morgan fingerprint density at radius 3 is 3.30 bits per heavy atom. The average molecular weight is 137 g/mol. The van der Waals surface area contributed by atoms with Crippen LogP contribution in [0.2, 0.25) is 0 Å². The molecule has 0 spiro atoms. The molecule has 0 aromatic carbocycles. The lowest BCUT2D eigenvalue weighted by atomic mass is 10.4. The number of hydrogen-bond donors (Lipinski definition) is 1. The van der Waals surface area contributed by atoms with Gasteiger partial charge in [0.25, 0.3) is 0 Å². The molecule has 10 heavy (non-hydrogen) atoms. The van der Waals surface area contributed by atoms with Crippen molar-refractivity contribution < 1.29 is 1.43 Å². The van der Waals surface area contributed by atoms with Gasteiger partial charge in [-0.15, -0.1) is 10.2 Å². The van der Waals surface area contributed by atoms with E-state index >= 15 is 0 Å². The van der Waals surface area contributed by atoms with Gasteiger partial charge in [-0.25, -0.2) is 4.98 Å². The topological polar surface area (TPSA) is 67.3 Å². The first-order chi connectivity index (χ1) is 4.88. The van der Waals surface area contributed by atoms with Crippen molar-refractivity contribution in [2.45, 2.75) is 6.92 Å². The fourth-order valence-electron chi connectivity index (χ4n) is 0.799. The van der Waals surface area contributed by atoms with Gasteiger partial charge in [0, 0.05) is 1.43 Å². The van der Waals surface area contributed by atoms with Crippen LogP contribution in [0.15, 0.2) is 6.33 Å². The summed E-state index contributed by atoms with van der Waals surface area (Å²) in [7, 11) is 0. The van der Waals surface area contributed by atoms with E-state index in [2.05, 4.69) is 25.4 Å². The molecule has 0 saturated carbocycles. The van der Waals surface area contributed by atoms with Crippen LogP contribution in [-0.4, -0.2) is 25.4 Å². The summed E-state index contributed by atoms with van der Waals surface area (Å²) in [5, 5.41) is 13.9. The van der Waals surface area contributed by atoms with E-state index in [1.165, 1.54) is 6.33 Å². The van der Waals surface area contributed by atoms with Crippen LogP contribution >= 0.6 is 0 Å². The minimum Gasteiger partial charge on any atom is -0.278 e. The number of aromatic amines is 1. The largest absolute Gasteiger partial charge is 0.278 e. The molecule has 0 fully saturated rings. The molecule has 0 aliphatic carbocycles. The Balaban J connectivity index is 0.000000605. The minimum atomic E-state index is 0. The summed E-state index contributed by atoms with van der Waals surface area (Å²) in [4.78, 5) is 3.97. The lowest BCUT2D eigenvalue weighted by Gasteiger charge is -1.81. The Morgan fingerprint density at radius 1 is 1.60 bits per heavy atom. The van der Waals surface area contributed by atoms with Crippen LogP contribution in [0.5, 0.6) is 0 Å². The lowest BCUT2D eigenvalue weighted by molar-refractivity contribution is 0.990. The van der Waals surface area contributed by atoms with Crippen LogP contribution in [0.3, 0.4) is 0 Å². The van der Waals surface area contributed by atoms with Crippen molar-refractivity contribution >= 4 is 11.2 Å². The van der Waals surface area contributed by atoms with Crippen molar-refractivity contribution in [2.24, 2.45) is 0 Å². The predicted molar refractivity (Wildman–Crippen MR) is 36.3 cm³/mol. The highest BCUT2D eigenvalue weighted by molar-refractivity contribution is 5.70. The van der Waals surface area contributed by atoms with Crippen molar-refractivity contribution in [2.75, 3.05) is 0 Å². The molecule has 0 aliphatic heterocycles. The Labute approximate surface area is 58.0 Å². The Morgan fingerprint density at radius 2 is 2.50 bits per heavy atom. The van der Waals surface area contributed by atoms with Gasteiger partial charge in [-0.3, -0.25) is 5.10 Å². The molecule has 0 amide bonds. The molecule has 0 radical (unpaired) electrons.